The van der Waals surface area contributed by atoms with Crippen LogP contribution < -0.4 is 5.32 Å². The Kier molecular flexibility index (Phi) is 4.80. The normalized spacial score (nSPS) is 16.5. The maximum absolute atomic E-state index is 11.9. The molecule has 1 amide bonds. The van der Waals surface area contributed by atoms with E-state index in [2.05, 4.69) is 24.4 Å². The fraction of sp³-hybridized carbons (Fsp3) is 0.562. The van der Waals surface area contributed by atoms with Crippen molar-refractivity contribution < 1.29 is 4.79 Å². The molecule has 0 atom stereocenters. The highest BCUT2D eigenvalue weighted by atomic mass is 16.1. The Morgan fingerprint density at radius 3 is 2.78 bits per heavy atom. The molecule has 0 aliphatic heterocycles. The van der Waals surface area contributed by atoms with E-state index in [9.17, 15) is 4.79 Å². The van der Waals surface area contributed by atoms with Crippen LogP contribution in [0.3, 0.4) is 0 Å². The summed E-state index contributed by atoms with van der Waals surface area (Å²) in [6.45, 7) is 2.92. The summed E-state index contributed by atoms with van der Waals surface area (Å²) in [4.78, 5) is 11.9. The lowest BCUT2D eigenvalue weighted by Gasteiger charge is -2.21. The van der Waals surface area contributed by atoms with Crippen molar-refractivity contribution in [2.45, 2.75) is 45.4 Å². The standard InChI is InChI=1S/C16H23NO/c1-13-6-5-9-15(10-13)11-16(18)17-12-14-7-3-2-4-8-14/h5-6,9-10,14H,2-4,7-8,11-12H2,1H3,(H,17,18). The third-order valence-electron chi connectivity index (χ3n) is 3.76. The molecule has 2 rings (SSSR count). The van der Waals surface area contributed by atoms with Gasteiger partial charge in [-0.05, 0) is 31.2 Å². The van der Waals surface area contributed by atoms with E-state index in [4.69, 9.17) is 0 Å². The van der Waals surface area contributed by atoms with Gasteiger partial charge in [0, 0.05) is 6.54 Å². The molecule has 1 fully saturated rings. The highest BCUT2D eigenvalue weighted by Crippen LogP contribution is 2.22. The maximum atomic E-state index is 11.9. The number of hydrogen-bond acceptors (Lipinski definition) is 1. The van der Waals surface area contributed by atoms with Crippen molar-refractivity contribution in [1.29, 1.82) is 0 Å². The molecular formula is C16H23NO. The Bertz CT molecular complexity index is 394. The Balaban J connectivity index is 1.74. The number of carbonyl (C=O) groups excluding carboxylic acids is 1. The van der Waals surface area contributed by atoms with Crippen molar-refractivity contribution in [2.75, 3.05) is 6.54 Å². The van der Waals surface area contributed by atoms with Gasteiger partial charge in [-0.2, -0.15) is 0 Å². The van der Waals surface area contributed by atoms with Crippen LogP contribution in [0.2, 0.25) is 0 Å². The van der Waals surface area contributed by atoms with Gasteiger partial charge in [0.05, 0.1) is 6.42 Å². The van der Waals surface area contributed by atoms with E-state index in [1.165, 1.54) is 37.7 Å². The second-order valence-electron chi connectivity index (χ2n) is 5.47. The van der Waals surface area contributed by atoms with E-state index in [1.807, 2.05) is 12.1 Å². The number of nitrogens with one attached hydrogen (secondary N) is 1. The molecule has 2 nitrogen and oxygen atoms in total. The second kappa shape index (κ2) is 6.58. The summed E-state index contributed by atoms with van der Waals surface area (Å²) < 4.78 is 0. The molecule has 1 saturated carbocycles. The lowest BCUT2D eigenvalue weighted by Crippen LogP contribution is -2.31. The van der Waals surface area contributed by atoms with Crippen LogP contribution in [0.4, 0.5) is 0 Å². The van der Waals surface area contributed by atoms with Gasteiger partial charge >= 0.3 is 0 Å². The number of hydrogen-bond donors (Lipinski definition) is 1. The summed E-state index contributed by atoms with van der Waals surface area (Å²) in [6.07, 6.45) is 7.11. The van der Waals surface area contributed by atoms with Crippen molar-refractivity contribution >= 4 is 5.91 Å². The van der Waals surface area contributed by atoms with Gasteiger partial charge in [0.2, 0.25) is 5.91 Å². The van der Waals surface area contributed by atoms with E-state index < -0.39 is 0 Å². The first-order valence-electron chi connectivity index (χ1n) is 7.06. The first kappa shape index (κ1) is 13.1. The molecule has 0 aromatic heterocycles. The minimum Gasteiger partial charge on any atom is -0.356 e. The molecule has 1 aliphatic rings. The van der Waals surface area contributed by atoms with Gasteiger partial charge in [0.25, 0.3) is 0 Å². The summed E-state index contributed by atoms with van der Waals surface area (Å²) in [5.41, 5.74) is 2.32. The third-order valence-corrected chi connectivity index (χ3v) is 3.76. The van der Waals surface area contributed by atoms with Crippen molar-refractivity contribution in [3.8, 4) is 0 Å². The molecule has 0 saturated heterocycles. The summed E-state index contributed by atoms with van der Waals surface area (Å²) in [5.74, 6) is 0.867. The fourth-order valence-electron chi connectivity index (χ4n) is 2.72. The predicted octanol–water partition coefficient (Wildman–Crippen LogP) is 3.23. The Morgan fingerprint density at radius 2 is 2.06 bits per heavy atom. The van der Waals surface area contributed by atoms with Gasteiger partial charge in [-0.25, -0.2) is 0 Å². The van der Waals surface area contributed by atoms with Gasteiger partial charge in [0.15, 0.2) is 0 Å². The summed E-state index contributed by atoms with van der Waals surface area (Å²) in [5, 5.41) is 3.08. The van der Waals surface area contributed by atoms with E-state index in [0.29, 0.717) is 12.3 Å². The molecule has 0 heterocycles. The molecule has 1 aromatic rings. The van der Waals surface area contributed by atoms with Crippen LogP contribution in [-0.4, -0.2) is 12.5 Å². The first-order chi connectivity index (χ1) is 8.74. The van der Waals surface area contributed by atoms with Crippen LogP contribution in [0.15, 0.2) is 24.3 Å². The number of carbonyl (C=O) groups is 1. The average molecular weight is 245 g/mol. The van der Waals surface area contributed by atoms with E-state index in [1.54, 1.807) is 0 Å². The molecule has 1 aliphatic carbocycles. The lowest BCUT2D eigenvalue weighted by atomic mass is 9.89. The minimum absolute atomic E-state index is 0.158. The van der Waals surface area contributed by atoms with Gasteiger partial charge < -0.3 is 5.32 Å². The molecule has 0 radical (unpaired) electrons. The lowest BCUT2D eigenvalue weighted by molar-refractivity contribution is -0.120. The molecule has 0 bridgehead atoms. The maximum Gasteiger partial charge on any atom is 0.224 e. The van der Waals surface area contributed by atoms with E-state index >= 15 is 0 Å². The van der Waals surface area contributed by atoms with Crippen molar-refractivity contribution in [3.63, 3.8) is 0 Å². The summed E-state index contributed by atoms with van der Waals surface area (Å²) >= 11 is 0. The SMILES string of the molecule is Cc1cccc(CC(=O)NCC2CCCCC2)c1. The van der Waals surface area contributed by atoms with Crippen molar-refractivity contribution in [1.82, 2.24) is 5.32 Å². The second-order valence-corrected chi connectivity index (χ2v) is 5.47. The van der Waals surface area contributed by atoms with Gasteiger partial charge in [0.1, 0.15) is 0 Å². The van der Waals surface area contributed by atoms with Crippen LogP contribution in [-0.2, 0) is 11.2 Å². The van der Waals surface area contributed by atoms with Gasteiger partial charge in [-0.1, -0.05) is 49.1 Å². The number of benzene rings is 1. The largest absolute Gasteiger partial charge is 0.356 e. The number of amides is 1. The Labute approximate surface area is 110 Å². The first-order valence-corrected chi connectivity index (χ1v) is 7.06. The van der Waals surface area contributed by atoms with E-state index in [0.717, 1.165) is 12.1 Å². The zero-order valence-corrected chi connectivity index (χ0v) is 11.2. The summed E-state index contributed by atoms with van der Waals surface area (Å²) in [6, 6.07) is 8.18. The zero-order valence-electron chi connectivity index (χ0n) is 11.2. The predicted molar refractivity (Wildman–Crippen MR) is 74.5 cm³/mol. The third kappa shape index (κ3) is 4.17. The van der Waals surface area contributed by atoms with Gasteiger partial charge in [-0.3, -0.25) is 4.79 Å². The number of rotatable bonds is 4. The Hall–Kier alpha value is -1.31. The Morgan fingerprint density at radius 1 is 1.28 bits per heavy atom. The molecule has 98 valence electrons. The van der Waals surface area contributed by atoms with Crippen LogP contribution in [0.25, 0.3) is 0 Å². The smallest absolute Gasteiger partial charge is 0.224 e. The molecule has 1 aromatic carbocycles. The highest BCUT2D eigenvalue weighted by molar-refractivity contribution is 5.78. The van der Waals surface area contributed by atoms with Crippen molar-refractivity contribution in [3.05, 3.63) is 35.4 Å². The molecule has 2 heteroatoms. The molecule has 18 heavy (non-hydrogen) atoms. The van der Waals surface area contributed by atoms with Crippen LogP contribution in [0, 0.1) is 12.8 Å². The zero-order chi connectivity index (χ0) is 12.8. The molecule has 1 N–H and O–H groups in total. The number of aryl methyl sites for hydroxylation is 1. The molecule has 0 spiro atoms. The topological polar surface area (TPSA) is 29.1 Å². The van der Waals surface area contributed by atoms with Crippen LogP contribution in [0.5, 0.6) is 0 Å². The van der Waals surface area contributed by atoms with Crippen LogP contribution >= 0.6 is 0 Å². The average Bonchev–Trinajstić information content (AvgIpc) is 2.38. The molecule has 0 unspecified atom stereocenters. The quantitative estimate of drug-likeness (QED) is 0.867. The van der Waals surface area contributed by atoms with Crippen LogP contribution in [0.1, 0.15) is 43.2 Å². The van der Waals surface area contributed by atoms with E-state index in [-0.39, 0.29) is 5.91 Å². The van der Waals surface area contributed by atoms with Gasteiger partial charge in [-0.15, -0.1) is 0 Å². The molecular weight excluding hydrogens is 222 g/mol. The monoisotopic (exact) mass is 245 g/mol. The fourth-order valence-corrected chi connectivity index (χ4v) is 2.72. The highest BCUT2D eigenvalue weighted by Gasteiger charge is 2.14. The van der Waals surface area contributed by atoms with Crippen molar-refractivity contribution in [2.24, 2.45) is 5.92 Å². The summed E-state index contributed by atoms with van der Waals surface area (Å²) in [7, 11) is 0. The minimum atomic E-state index is 0.158.